The molecule has 0 saturated carbocycles. The second kappa shape index (κ2) is 45.4. The minimum Gasteiger partial charge on any atom is -0.462 e. The van der Waals surface area contributed by atoms with Crippen molar-refractivity contribution in [1.82, 2.24) is 16.0 Å². The van der Waals surface area contributed by atoms with Crippen molar-refractivity contribution in [2.45, 2.75) is 276 Å². The zero-order valence-corrected chi connectivity index (χ0v) is 43.1. The van der Waals surface area contributed by atoms with Crippen molar-refractivity contribution in [2.75, 3.05) is 19.8 Å². The number of rotatable bonds is 48. The van der Waals surface area contributed by atoms with E-state index in [1.165, 1.54) is 122 Å². The third-order valence-electron chi connectivity index (χ3n) is 12.9. The maximum atomic E-state index is 13.3. The molecule has 0 aromatic heterocycles. The van der Waals surface area contributed by atoms with Gasteiger partial charge in [-0.2, -0.15) is 0 Å². The summed E-state index contributed by atoms with van der Waals surface area (Å²) in [6.45, 7) is 6.82. The molecule has 0 fully saturated rings. The molecular weight excluding hydrogens is 843 g/mol. The van der Waals surface area contributed by atoms with Gasteiger partial charge in [-0.15, -0.1) is 0 Å². The number of hydrogen-bond donors (Lipinski definition) is 5. The summed E-state index contributed by atoms with van der Waals surface area (Å²) < 4.78 is 12.2. The molecular formula is C56H101N3O8. The van der Waals surface area contributed by atoms with Crippen LogP contribution in [0.1, 0.15) is 251 Å². The largest absolute Gasteiger partial charge is 0.462 e. The summed E-state index contributed by atoms with van der Waals surface area (Å²) in [5, 5.41) is 28.6. The number of aliphatic hydroxyl groups excluding tert-OH is 2. The van der Waals surface area contributed by atoms with Crippen LogP contribution in [0.4, 0.5) is 0 Å². The molecule has 1 aromatic rings. The molecule has 0 aliphatic heterocycles. The van der Waals surface area contributed by atoms with Crippen LogP contribution in [0.3, 0.4) is 0 Å². The van der Waals surface area contributed by atoms with Gasteiger partial charge in [0.1, 0.15) is 12.1 Å². The second-order valence-corrected chi connectivity index (χ2v) is 19.3. The van der Waals surface area contributed by atoms with Crippen molar-refractivity contribution in [2.24, 2.45) is 0 Å². The molecule has 0 aliphatic rings. The Kier molecular flexibility index (Phi) is 42.0. The van der Waals surface area contributed by atoms with Crippen LogP contribution in [-0.2, 0) is 35.3 Å². The quantitative estimate of drug-likeness (QED) is 0.0318. The summed E-state index contributed by atoms with van der Waals surface area (Å²) >= 11 is 0. The molecule has 0 spiro atoms. The number of hydrogen-bond acceptors (Lipinski definition) is 8. The fourth-order valence-electron chi connectivity index (χ4n) is 8.67. The Morgan fingerprint density at radius 1 is 0.522 bits per heavy atom. The van der Waals surface area contributed by atoms with E-state index in [0.29, 0.717) is 32.3 Å². The lowest BCUT2D eigenvalue weighted by molar-refractivity contribution is -0.151. The minimum absolute atomic E-state index is 0.0492. The van der Waals surface area contributed by atoms with E-state index < -0.39 is 24.1 Å². The van der Waals surface area contributed by atoms with Gasteiger partial charge in [0.25, 0.3) is 0 Å². The molecule has 0 heterocycles. The van der Waals surface area contributed by atoms with Crippen molar-refractivity contribution in [3.05, 3.63) is 35.9 Å². The maximum absolute atomic E-state index is 13.3. The van der Waals surface area contributed by atoms with E-state index in [2.05, 4.69) is 36.7 Å². The van der Waals surface area contributed by atoms with Gasteiger partial charge in [0.05, 0.1) is 38.2 Å². The van der Waals surface area contributed by atoms with Gasteiger partial charge in [-0.25, -0.2) is 0 Å². The predicted octanol–water partition coefficient (Wildman–Crippen LogP) is 12.3. The van der Waals surface area contributed by atoms with E-state index in [0.717, 1.165) is 63.4 Å². The van der Waals surface area contributed by atoms with Crippen LogP contribution >= 0.6 is 0 Å². The molecule has 0 aliphatic carbocycles. The molecule has 11 nitrogen and oxygen atoms in total. The third kappa shape index (κ3) is 37.5. The van der Waals surface area contributed by atoms with Crippen LogP contribution in [0.2, 0.25) is 0 Å². The second-order valence-electron chi connectivity index (χ2n) is 19.3. The van der Waals surface area contributed by atoms with Gasteiger partial charge in [-0.1, -0.05) is 212 Å². The third-order valence-corrected chi connectivity index (χ3v) is 12.9. The Morgan fingerprint density at radius 3 is 1.49 bits per heavy atom. The predicted molar refractivity (Wildman–Crippen MR) is 275 cm³/mol. The monoisotopic (exact) mass is 944 g/mol. The first-order valence-corrected chi connectivity index (χ1v) is 27.7. The summed E-state index contributed by atoms with van der Waals surface area (Å²) in [5.74, 6) is -1.20. The normalized spacial score (nSPS) is 13.1. The summed E-state index contributed by atoms with van der Waals surface area (Å²) in [7, 11) is 0. The SMILES string of the molecule is CCCCCCCCCCCC(=O)O[C@H](CCCCCCCCCCC)CC(=O)N[C@@H](CO)CCCNC(=O)[C@H](CCO)NC(=O)C[C@@H](CCCCCCCCCCC)OCc1ccccc1. The van der Waals surface area contributed by atoms with Crippen molar-refractivity contribution < 1.29 is 38.9 Å². The number of unbranched alkanes of at least 4 members (excludes halogenated alkanes) is 24. The summed E-state index contributed by atoms with van der Waals surface area (Å²) in [6.07, 6.45) is 34.1. The molecule has 0 unspecified atom stereocenters. The van der Waals surface area contributed by atoms with Crippen molar-refractivity contribution in [1.29, 1.82) is 0 Å². The average molecular weight is 944 g/mol. The van der Waals surface area contributed by atoms with Crippen LogP contribution in [0, 0.1) is 0 Å². The molecule has 5 N–H and O–H groups in total. The van der Waals surface area contributed by atoms with E-state index in [4.69, 9.17) is 9.47 Å². The standard InChI is InChI=1S/C56H101N3O8/c1-4-7-10-13-16-19-22-25-31-38-50(66-47-48-35-29-28-30-36-48)44-54(63)59-52(41-43-60)56(65)57-42-34-37-49(46-61)58-53(62)45-51(39-32-26-23-20-17-14-11-8-5-2)67-55(64)40-33-27-24-21-18-15-12-9-6-3/h28-30,35-36,49-52,60-61H,4-27,31-34,37-47H2,1-3H3,(H,57,65)(H,58,62)(H,59,63)/t49-,50-,51-,52+/m1/s1. The van der Waals surface area contributed by atoms with Crippen LogP contribution in [-0.4, -0.2) is 78.0 Å². The number of carbonyl (C=O) groups is 4. The fraction of sp³-hybridized carbons (Fsp3) is 0.821. The molecule has 4 atom stereocenters. The molecule has 388 valence electrons. The highest BCUT2D eigenvalue weighted by atomic mass is 16.5. The molecule has 1 aromatic carbocycles. The van der Waals surface area contributed by atoms with E-state index in [1.807, 2.05) is 30.3 Å². The highest BCUT2D eigenvalue weighted by molar-refractivity contribution is 5.87. The van der Waals surface area contributed by atoms with E-state index in [-0.39, 0.29) is 62.9 Å². The number of esters is 1. The van der Waals surface area contributed by atoms with Crippen molar-refractivity contribution >= 4 is 23.7 Å². The molecule has 3 amide bonds. The van der Waals surface area contributed by atoms with Gasteiger partial charge in [-0.05, 0) is 50.5 Å². The molecule has 11 heteroatoms. The Morgan fingerprint density at radius 2 is 0.985 bits per heavy atom. The number of amides is 3. The van der Waals surface area contributed by atoms with E-state index in [9.17, 15) is 29.4 Å². The highest BCUT2D eigenvalue weighted by Gasteiger charge is 2.24. The van der Waals surface area contributed by atoms with Crippen LogP contribution in [0.25, 0.3) is 0 Å². The fourth-order valence-corrected chi connectivity index (χ4v) is 8.67. The van der Waals surface area contributed by atoms with Gasteiger partial charge in [0.2, 0.25) is 17.7 Å². The first-order valence-electron chi connectivity index (χ1n) is 27.7. The van der Waals surface area contributed by atoms with E-state index >= 15 is 0 Å². The van der Waals surface area contributed by atoms with Crippen molar-refractivity contribution in [3.63, 3.8) is 0 Å². The number of benzene rings is 1. The average Bonchev–Trinajstić information content (AvgIpc) is 3.32. The Bertz CT molecular complexity index is 1320. The van der Waals surface area contributed by atoms with Crippen LogP contribution in [0.5, 0.6) is 0 Å². The lowest BCUT2D eigenvalue weighted by Crippen LogP contribution is -2.48. The first kappa shape index (κ1) is 62.0. The van der Waals surface area contributed by atoms with Gasteiger partial charge in [0.15, 0.2) is 0 Å². The highest BCUT2D eigenvalue weighted by Crippen LogP contribution is 2.19. The molecule has 67 heavy (non-hydrogen) atoms. The van der Waals surface area contributed by atoms with Gasteiger partial charge >= 0.3 is 5.97 Å². The molecule has 0 radical (unpaired) electrons. The number of aliphatic hydroxyl groups is 2. The lowest BCUT2D eigenvalue weighted by Gasteiger charge is -2.22. The van der Waals surface area contributed by atoms with Gasteiger partial charge in [-0.3, -0.25) is 19.2 Å². The van der Waals surface area contributed by atoms with Crippen molar-refractivity contribution in [3.8, 4) is 0 Å². The zero-order chi connectivity index (χ0) is 48.8. The smallest absolute Gasteiger partial charge is 0.306 e. The summed E-state index contributed by atoms with van der Waals surface area (Å²) in [5.41, 5.74) is 1.04. The Balaban J connectivity index is 2.63. The minimum atomic E-state index is -0.904. The van der Waals surface area contributed by atoms with Gasteiger partial charge in [0, 0.05) is 19.6 Å². The Hall–Kier alpha value is -3.02. The zero-order valence-electron chi connectivity index (χ0n) is 43.1. The topological polar surface area (TPSA) is 163 Å². The lowest BCUT2D eigenvalue weighted by atomic mass is 10.0. The number of nitrogens with one attached hydrogen (secondary N) is 3. The maximum Gasteiger partial charge on any atom is 0.306 e. The van der Waals surface area contributed by atoms with Crippen LogP contribution < -0.4 is 16.0 Å². The Labute approximate surface area is 409 Å². The molecule has 0 saturated heterocycles. The van der Waals surface area contributed by atoms with Gasteiger partial charge < -0.3 is 35.6 Å². The van der Waals surface area contributed by atoms with E-state index in [1.54, 1.807) is 0 Å². The molecule has 0 bridgehead atoms. The number of ether oxygens (including phenoxy) is 2. The molecule has 1 rings (SSSR count). The number of carbonyl (C=O) groups excluding carboxylic acids is 4. The summed E-state index contributed by atoms with van der Waals surface area (Å²) in [4.78, 5) is 52.7. The van der Waals surface area contributed by atoms with Crippen LogP contribution in [0.15, 0.2) is 30.3 Å². The summed E-state index contributed by atoms with van der Waals surface area (Å²) in [6, 6.07) is 8.47. The first-order chi connectivity index (χ1) is 32.8.